The van der Waals surface area contributed by atoms with Gasteiger partial charge in [-0.15, -0.1) is 0 Å². The summed E-state index contributed by atoms with van der Waals surface area (Å²) >= 11 is 0. The fraction of sp³-hybridized carbons (Fsp3) is 0.450. The molecule has 2 N–H and O–H groups in total. The molecule has 0 radical (unpaired) electrons. The van der Waals surface area contributed by atoms with Gasteiger partial charge in [0.2, 0.25) is 5.92 Å². The second kappa shape index (κ2) is 7.33. The van der Waals surface area contributed by atoms with Crippen molar-refractivity contribution < 1.29 is 23.5 Å². The average molecular weight is 391 g/mol. The summed E-state index contributed by atoms with van der Waals surface area (Å²) in [6.07, 6.45) is 0.526. The molecule has 8 heteroatoms. The Morgan fingerprint density at radius 1 is 1.29 bits per heavy atom. The number of amides is 1. The lowest BCUT2D eigenvalue weighted by molar-refractivity contribution is -0.166. The van der Waals surface area contributed by atoms with Gasteiger partial charge in [-0.05, 0) is 50.1 Å². The number of aryl methyl sites for hydroxylation is 1. The molecule has 3 rings (SSSR count). The number of benzene rings is 1. The zero-order valence-corrected chi connectivity index (χ0v) is 15.8. The Labute approximate surface area is 161 Å². The van der Waals surface area contributed by atoms with Gasteiger partial charge >= 0.3 is 5.97 Å². The fourth-order valence-electron chi connectivity index (χ4n) is 3.83. The van der Waals surface area contributed by atoms with Crippen LogP contribution in [0.1, 0.15) is 48.7 Å². The quantitative estimate of drug-likeness (QED) is 0.816. The molecular formula is C20H23F2N3O3. The number of rotatable bonds is 5. The van der Waals surface area contributed by atoms with Gasteiger partial charge in [-0.1, -0.05) is 6.92 Å². The van der Waals surface area contributed by atoms with Gasteiger partial charge in [0.25, 0.3) is 5.91 Å². The summed E-state index contributed by atoms with van der Waals surface area (Å²) in [6, 6.07) is 7.66. The molecule has 0 aliphatic heterocycles. The van der Waals surface area contributed by atoms with E-state index >= 15 is 0 Å². The molecule has 1 aromatic carbocycles. The number of halogens is 2. The van der Waals surface area contributed by atoms with Crippen molar-refractivity contribution in [3.05, 3.63) is 47.8 Å². The van der Waals surface area contributed by atoms with Gasteiger partial charge in [0.15, 0.2) is 0 Å². The van der Waals surface area contributed by atoms with Crippen molar-refractivity contribution in [1.82, 2.24) is 15.1 Å². The number of aliphatic carboxylic acids is 1. The van der Waals surface area contributed by atoms with Gasteiger partial charge < -0.3 is 10.4 Å². The Balaban J connectivity index is 1.78. The Morgan fingerprint density at radius 3 is 2.50 bits per heavy atom. The van der Waals surface area contributed by atoms with E-state index in [2.05, 4.69) is 10.4 Å². The van der Waals surface area contributed by atoms with E-state index in [1.165, 1.54) is 0 Å². The van der Waals surface area contributed by atoms with Crippen LogP contribution in [0.4, 0.5) is 8.78 Å². The summed E-state index contributed by atoms with van der Waals surface area (Å²) in [7, 11) is 0. The summed E-state index contributed by atoms with van der Waals surface area (Å²) < 4.78 is 29.5. The average Bonchev–Trinajstić information content (AvgIpc) is 3.09. The second-order valence-corrected chi connectivity index (χ2v) is 7.36. The predicted molar refractivity (Wildman–Crippen MR) is 98.7 cm³/mol. The first kappa shape index (κ1) is 20.0. The highest BCUT2D eigenvalue weighted by atomic mass is 19.3. The third-order valence-electron chi connectivity index (χ3n) is 5.52. The Hall–Kier alpha value is -2.77. The highest BCUT2D eigenvalue weighted by Gasteiger charge is 2.55. The van der Waals surface area contributed by atoms with E-state index in [0.717, 1.165) is 11.4 Å². The number of carboxylic acid groups (broad SMARTS) is 1. The molecule has 1 heterocycles. The van der Waals surface area contributed by atoms with Crippen LogP contribution >= 0.6 is 0 Å². The Morgan fingerprint density at radius 2 is 1.96 bits per heavy atom. The van der Waals surface area contributed by atoms with E-state index in [4.69, 9.17) is 0 Å². The molecule has 0 saturated heterocycles. The van der Waals surface area contributed by atoms with Crippen LogP contribution in [0.3, 0.4) is 0 Å². The van der Waals surface area contributed by atoms with Crippen LogP contribution in [-0.2, 0) is 4.79 Å². The maximum absolute atomic E-state index is 13.9. The first-order chi connectivity index (χ1) is 13.2. The second-order valence-electron chi connectivity index (χ2n) is 7.36. The van der Waals surface area contributed by atoms with Gasteiger partial charge in [0, 0.05) is 30.6 Å². The van der Waals surface area contributed by atoms with Crippen molar-refractivity contribution in [3.8, 4) is 5.69 Å². The third kappa shape index (κ3) is 3.76. The van der Waals surface area contributed by atoms with E-state index < -0.39 is 42.1 Å². The minimum atomic E-state index is -3.04. The monoisotopic (exact) mass is 391 g/mol. The van der Waals surface area contributed by atoms with Gasteiger partial charge in [0.05, 0.1) is 16.8 Å². The van der Waals surface area contributed by atoms with Crippen LogP contribution in [0.15, 0.2) is 36.5 Å². The number of carbonyl (C=O) groups is 2. The smallest absolute Gasteiger partial charge is 0.311 e. The number of carbonyl (C=O) groups excluding carboxylic acids is 1. The molecule has 0 bridgehead atoms. The highest BCUT2D eigenvalue weighted by molar-refractivity contribution is 5.95. The third-order valence-corrected chi connectivity index (χ3v) is 5.52. The lowest BCUT2D eigenvalue weighted by Crippen LogP contribution is -2.57. The number of hydrogen-bond acceptors (Lipinski definition) is 3. The minimum absolute atomic E-state index is 0.0143. The number of alkyl halides is 2. The van der Waals surface area contributed by atoms with Crippen molar-refractivity contribution in [2.24, 2.45) is 5.41 Å². The van der Waals surface area contributed by atoms with Crippen molar-refractivity contribution in [1.29, 1.82) is 0 Å². The molecule has 1 aliphatic rings. The van der Waals surface area contributed by atoms with Crippen LogP contribution in [0, 0.1) is 12.3 Å². The zero-order valence-electron chi connectivity index (χ0n) is 15.8. The molecular weight excluding hydrogens is 368 g/mol. The Kier molecular flexibility index (Phi) is 5.23. The maximum atomic E-state index is 13.9. The van der Waals surface area contributed by atoms with Crippen molar-refractivity contribution in [2.75, 3.05) is 0 Å². The molecule has 28 heavy (non-hydrogen) atoms. The SMILES string of the molecule is CC[C@]1(C(=O)O)CC(F)(F)CC[C@H]1NC(=O)c1ccc(-n2ccc(C)n2)cc1. The van der Waals surface area contributed by atoms with E-state index in [1.54, 1.807) is 42.1 Å². The molecule has 150 valence electrons. The van der Waals surface area contributed by atoms with Gasteiger partial charge in [-0.25, -0.2) is 13.5 Å². The first-order valence-corrected chi connectivity index (χ1v) is 9.22. The van der Waals surface area contributed by atoms with E-state index in [-0.39, 0.29) is 12.8 Å². The first-order valence-electron chi connectivity index (χ1n) is 9.22. The number of aromatic nitrogens is 2. The van der Waals surface area contributed by atoms with Crippen LogP contribution in [0.25, 0.3) is 5.69 Å². The molecule has 0 unspecified atom stereocenters. The van der Waals surface area contributed by atoms with Crippen molar-refractivity contribution >= 4 is 11.9 Å². The largest absolute Gasteiger partial charge is 0.481 e. The Bertz CT molecular complexity index is 879. The number of hydrogen-bond donors (Lipinski definition) is 2. The summed E-state index contributed by atoms with van der Waals surface area (Å²) in [6.45, 7) is 3.43. The van der Waals surface area contributed by atoms with E-state index in [0.29, 0.717) is 5.56 Å². The lowest BCUT2D eigenvalue weighted by atomic mass is 9.67. The lowest BCUT2D eigenvalue weighted by Gasteiger charge is -2.43. The summed E-state index contributed by atoms with van der Waals surface area (Å²) in [5.74, 6) is -4.82. The summed E-state index contributed by atoms with van der Waals surface area (Å²) in [5, 5.41) is 16.6. The molecule has 2 aromatic rings. The standard InChI is InChI=1S/C20H23F2N3O3/c1-3-19(18(27)28)12-20(21,22)10-8-16(19)23-17(26)14-4-6-15(7-5-14)25-11-9-13(2)24-25/h4-7,9,11,16H,3,8,10,12H2,1-2H3,(H,23,26)(H,27,28)/t16-,19+/m1/s1. The van der Waals surface area contributed by atoms with E-state index in [9.17, 15) is 23.5 Å². The van der Waals surface area contributed by atoms with E-state index in [1.807, 2.05) is 13.0 Å². The van der Waals surface area contributed by atoms with Crippen molar-refractivity contribution in [3.63, 3.8) is 0 Å². The molecule has 1 saturated carbocycles. The number of carboxylic acids is 1. The zero-order chi connectivity index (χ0) is 20.5. The number of nitrogens with zero attached hydrogens (tertiary/aromatic N) is 2. The maximum Gasteiger partial charge on any atom is 0.311 e. The fourth-order valence-corrected chi connectivity index (χ4v) is 3.83. The molecule has 0 spiro atoms. The van der Waals surface area contributed by atoms with Gasteiger partial charge in [-0.3, -0.25) is 9.59 Å². The van der Waals surface area contributed by atoms with Crippen LogP contribution in [0.2, 0.25) is 0 Å². The van der Waals surface area contributed by atoms with Gasteiger partial charge in [-0.2, -0.15) is 5.10 Å². The summed E-state index contributed by atoms with van der Waals surface area (Å²) in [5.41, 5.74) is 0.292. The molecule has 6 nitrogen and oxygen atoms in total. The summed E-state index contributed by atoms with van der Waals surface area (Å²) in [4.78, 5) is 24.5. The normalized spacial score (nSPS) is 23.9. The van der Waals surface area contributed by atoms with Gasteiger partial charge in [0.1, 0.15) is 0 Å². The predicted octanol–water partition coefficient (Wildman–Crippen LogP) is 3.58. The number of nitrogens with one attached hydrogen (secondary N) is 1. The molecule has 1 aromatic heterocycles. The van der Waals surface area contributed by atoms with Crippen LogP contribution in [-0.4, -0.2) is 38.7 Å². The highest BCUT2D eigenvalue weighted by Crippen LogP contribution is 2.47. The minimum Gasteiger partial charge on any atom is -0.481 e. The topological polar surface area (TPSA) is 84.2 Å². The van der Waals surface area contributed by atoms with Crippen molar-refractivity contribution in [2.45, 2.75) is 51.5 Å². The molecule has 1 fully saturated rings. The molecule has 1 amide bonds. The van der Waals surface area contributed by atoms with Crippen LogP contribution in [0.5, 0.6) is 0 Å². The molecule has 1 aliphatic carbocycles. The molecule has 2 atom stereocenters. The van der Waals surface area contributed by atoms with Crippen LogP contribution < -0.4 is 5.32 Å².